The van der Waals surface area contributed by atoms with Crippen LogP contribution in [0.15, 0.2) is 18.2 Å². The lowest BCUT2D eigenvalue weighted by Crippen LogP contribution is -2.34. The second kappa shape index (κ2) is 7.09. The lowest BCUT2D eigenvalue weighted by molar-refractivity contribution is -0.121. The number of halogens is 1. The van der Waals surface area contributed by atoms with Gasteiger partial charge in [-0.05, 0) is 49.4 Å². The second-order valence-electron chi connectivity index (χ2n) is 5.52. The second-order valence-corrected chi connectivity index (χ2v) is 5.95. The first-order valence-electron chi connectivity index (χ1n) is 7.41. The molecule has 2 unspecified atom stereocenters. The SMILES string of the molecule is CCC(C)NC(=O)CCNC1CCc2cc(Cl)ccc21. The van der Waals surface area contributed by atoms with Gasteiger partial charge in [0.05, 0.1) is 0 Å². The lowest BCUT2D eigenvalue weighted by atomic mass is 10.1. The zero-order valence-electron chi connectivity index (χ0n) is 12.2. The molecular formula is C16H23ClN2O. The summed E-state index contributed by atoms with van der Waals surface area (Å²) in [6, 6.07) is 6.71. The minimum absolute atomic E-state index is 0.126. The number of carbonyl (C=O) groups is 1. The van der Waals surface area contributed by atoms with Crippen molar-refractivity contribution in [2.75, 3.05) is 6.54 Å². The number of hydrogen-bond acceptors (Lipinski definition) is 2. The van der Waals surface area contributed by atoms with E-state index in [-0.39, 0.29) is 11.9 Å². The fraction of sp³-hybridized carbons (Fsp3) is 0.562. The Labute approximate surface area is 126 Å². The first kappa shape index (κ1) is 15.3. The highest BCUT2D eigenvalue weighted by molar-refractivity contribution is 6.30. The third-order valence-corrected chi connectivity index (χ3v) is 4.18. The van der Waals surface area contributed by atoms with Crippen LogP contribution in [0.25, 0.3) is 0 Å². The van der Waals surface area contributed by atoms with E-state index >= 15 is 0 Å². The molecule has 110 valence electrons. The van der Waals surface area contributed by atoms with Crippen molar-refractivity contribution in [1.82, 2.24) is 10.6 Å². The molecule has 0 saturated carbocycles. The van der Waals surface area contributed by atoms with Gasteiger partial charge in [-0.3, -0.25) is 4.79 Å². The molecule has 1 amide bonds. The highest BCUT2D eigenvalue weighted by Crippen LogP contribution is 2.32. The number of carbonyl (C=O) groups excluding carboxylic acids is 1. The Morgan fingerprint density at radius 1 is 1.50 bits per heavy atom. The number of hydrogen-bond donors (Lipinski definition) is 2. The average Bonchev–Trinajstić information content (AvgIpc) is 2.81. The van der Waals surface area contributed by atoms with E-state index in [2.05, 4.69) is 23.6 Å². The van der Waals surface area contributed by atoms with E-state index in [9.17, 15) is 4.79 Å². The van der Waals surface area contributed by atoms with Crippen molar-refractivity contribution >= 4 is 17.5 Å². The van der Waals surface area contributed by atoms with Gasteiger partial charge in [0.15, 0.2) is 0 Å². The van der Waals surface area contributed by atoms with Gasteiger partial charge in [0.1, 0.15) is 0 Å². The monoisotopic (exact) mass is 294 g/mol. The molecule has 2 N–H and O–H groups in total. The van der Waals surface area contributed by atoms with Crippen molar-refractivity contribution in [3.8, 4) is 0 Å². The normalized spacial score (nSPS) is 18.6. The van der Waals surface area contributed by atoms with Crippen LogP contribution in [0.2, 0.25) is 5.02 Å². The standard InChI is InChI=1S/C16H23ClN2O/c1-3-11(2)19-16(20)8-9-18-15-7-4-12-10-13(17)5-6-14(12)15/h5-6,10-11,15,18H,3-4,7-9H2,1-2H3,(H,19,20). The van der Waals surface area contributed by atoms with E-state index in [0.717, 1.165) is 30.8 Å². The third kappa shape index (κ3) is 3.97. The average molecular weight is 295 g/mol. The van der Waals surface area contributed by atoms with Gasteiger partial charge in [-0.25, -0.2) is 0 Å². The van der Waals surface area contributed by atoms with Gasteiger partial charge in [0.2, 0.25) is 5.91 Å². The van der Waals surface area contributed by atoms with Crippen LogP contribution in [0.3, 0.4) is 0 Å². The molecule has 0 heterocycles. The number of fused-ring (bicyclic) bond motifs is 1. The molecule has 0 saturated heterocycles. The molecule has 3 nitrogen and oxygen atoms in total. The molecule has 20 heavy (non-hydrogen) atoms. The van der Waals surface area contributed by atoms with Crippen molar-refractivity contribution in [2.24, 2.45) is 0 Å². The number of rotatable bonds is 6. The predicted octanol–water partition coefficient (Wildman–Crippen LogP) is 3.22. The number of amides is 1. The molecule has 0 radical (unpaired) electrons. The van der Waals surface area contributed by atoms with Gasteiger partial charge in [0.25, 0.3) is 0 Å². The predicted molar refractivity (Wildman–Crippen MR) is 83.0 cm³/mol. The summed E-state index contributed by atoms with van der Waals surface area (Å²) in [5.41, 5.74) is 2.66. The maximum absolute atomic E-state index is 11.7. The fourth-order valence-electron chi connectivity index (χ4n) is 2.61. The summed E-state index contributed by atoms with van der Waals surface area (Å²) in [7, 11) is 0. The van der Waals surface area contributed by atoms with Crippen LogP contribution in [-0.2, 0) is 11.2 Å². The molecule has 2 rings (SSSR count). The Kier molecular flexibility index (Phi) is 5.44. The lowest BCUT2D eigenvalue weighted by Gasteiger charge is -2.15. The Balaban J connectivity index is 1.78. The summed E-state index contributed by atoms with van der Waals surface area (Å²) in [5.74, 6) is 0.126. The molecule has 0 fully saturated rings. The van der Waals surface area contributed by atoms with E-state index < -0.39 is 0 Å². The van der Waals surface area contributed by atoms with Crippen LogP contribution in [0.1, 0.15) is 50.3 Å². The van der Waals surface area contributed by atoms with Crippen LogP contribution in [0.4, 0.5) is 0 Å². The van der Waals surface area contributed by atoms with E-state index in [4.69, 9.17) is 11.6 Å². The van der Waals surface area contributed by atoms with Crippen molar-refractivity contribution in [3.63, 3.8) is 0 Å². The zero-order valence-corrected chi connectivity index (χ0v) is 13.0. The number of aryl methyl sites for hydroxylation is 1. The maximum atomic E-state index is 11.7. The van der Waals surface area contributed by atoms with Gasteiger partial charge < -0.3 is 10.6 Å². The van der Waals surface area contributed by atoms with Crippen molar-refractivity contribution < 1.29 is 4.79 Å². The quantitative estimate of drug-likeness (QED) is 0.846. The summed E-state index contributed by atoms with van der Waals surface area (Å²) >= 11 is 6.01. The van der Waals surface area contributed by atoms with Gasteiger partial charge in [-0.2, -0.15) is 0 Å². The molecule has 1 aliphatic rings. The Hall–Kier alpha value is -1.06. The van der Waals surface area contributed by atoms with Crippen LogP contribution in [0, 0.1) is 0 Å². The van der Waals surface area contributed by atoms with E-state index in [1.807, 2.05) is 19.1 Å². The largest absolute Gasteiger partial charge is 0.354 e. The minimum atomic E-state index is 0.126. The molecule has 0 bridgehead atoms. The zero-order chi connectivity index (χ0) is 14.5. The van der Waals surface area contributed by atoms with Crippen molar-refractivity contribution in [1.29, 1.82) is 0 Å². The summed E-state index contributed by atoms with van der Waals surface area (Å²) in [6.45, 7) is 4.82. The molecule has 0 aliphatic heterocycles. The molecule has 2 atom stereocenters. The van der Waals surface area contributed by atoms with Crippen LogP contribution < -0.4 is 10.6 Å². The first-order chi connectivity index (χ1) is 9.60. The van der Waals surface area contributed by atoms with Gasteiger partial charge >= 0.3 is 0 Å². The summed E-state index contributed by atoms with van der Waals surface area (Å²) in [4.78, 5) is 11.7. The summed E-state index contributed by atoms with van der Waals surface area (Å²) in [5, 5.41) is 7.26. The van der Waals surface area contributed by atoms with Crippen LogP contribution in [-0.4, -0.2) is 18.5 Å². The molecule has 0 spiro atoms. The highest BCUT2D eigenvalue weighted by atomic mass is 35.5. The first-order valence-corrected chi connectivity index (χ1v) is 7.79. The van der Waals surface area contributed by atoms with Gasteiger partial charge in [-0.1, -0.05) is 24.6 Å². The van der Waals surface area contributed by atoms with Crippen molar-refractivity contribution in [3.05, 3.63) is 34.3 Å². The van der Waals surface area contributed by atoms with E-state index in [1.54, 1.807) is 0 Å². The van der Waals surface area contributed by atoms with Gasteiger partial charge in [0, 0.05) is 30.1 Å². The Morgan fingerprint density at radius 2 is 2.30 bits per heavy atom. The van der Waals surface area contributed by atoms with Gasteiger partial charge in [-0.15, -0.1) is 0 Å². The van der Waals surface area contributed by atoms with E-state index in [1.165, 1.54) is 11.1 Å². The molecular weight excluding hydrogens is 272 g/mol. The third-order valence-electron chi connectivity index (χ3n) is 3.95. The van der Waals surface area contributed by atoms with E-state index in [0.29, 0.717) is 12.5 Å². The summed E-state index contributed by atoms with van der Waals surface area (Å²) in [6.07, 6.45) is 3.65. The molecule has 1 aromatic rings. The Morgan fingerprint density at radius 3 is 3.05 bits per heavy atom. The van der Waals surface area contributed by atoms with Crippen molar-refractivity contribution in [2.45, 2.75) is 51.6 Å². The van der Waals surface area contributed by atoms with Crippen LogP contribution in [0.5, 0.6) is 0 Å². The smallest absolute Gasteiger partial charge is 0.221 e. The summed E-state index contributed by atoms with van der Waals surface area (Å²) < 4.78 is 0. The maximum Gasteiger partial charge on any atom is 0.221 e. The molecule has 1 aromatic carbocycles. The molecule has 4 heteroatoms. The highest BCUT2D eigenvalue weighted by Gasteiger charge is 2.22. The Bertz CT molecular complexity index is 476. The fourth-order valence-corrected chi connectivity index (χ4v) is 2.80. The minimum Gasteiger partial charge on any atom is -0.354 e. The number of benzene rings is 1. The number of nitrogens with one attached hydrogen (secondary N) is 2. The molecule has 1 aliphatic carbocycles. The van der Waals surface area contributed by atoms with Crippen LogP contribution >= 0.6 is 11.6 Å². The topological polar surface area (TPSA) is 41.1 Å². The molecule has 0 aromatic heterocycles.